The highest BCUT2D eigenvalue weighted by Crippen LogP contribution is 2.27. The minimum atomic E-state index is 0.0479. The molecule has 1 aromatic carbocycles. The Kier molecular flexibility index (Phi) is 6.64. The number of amidine groups is 1. The molecule has 0 saturated carbocycles. The molecule has 0 amide bonds. The van der Waals surface area contributed by atoms with Crippen molar-refractivity contribution in [1.29, 1.82) is 0 Å². The molecule has 0 aliphatic heterocycles. The number of benzene rings is 1. The predicted molar refractivity (Wildman–Crippen MR) is 71.2 cm³/mol. The summed E-state index contributed by atoms with van der Waals surface area (Å²) in [6, 6.07) is 4.88. The summed E-state index contributed by atoms with van der Waals surface area (Å²) in [6.07, 6.45) is 0.501. The number of ether oxygens (including phenoxy) is 1. The van der Waals surface area contributed by atoms with E-state index in [9.17, 15) is 0 Å². The Morgan fingerprint density at radius 1 is 1.39 bits per heavy atom. The predicted octanol–water partition coefficient (Wildman–Crippen LogP) is 2.04. The second-order valence-corrected chi connectivity index (χ2v) is 4.20. The molecule has 0 radical (unpaired) electrons. The molecule has 7 heteroatoms. The molecule has 1 aromatic rings. The molecule has 0 bridgehead atoms. The molecule has 0 spiro atoms. The van der Waals surface area contributed by atoms with Gasteiger partial charge in [0.1, 0.15) is 19.0 Å². The van der Waals surface area contributed by atoms with E-state index in [2.05, 4.69) is 5.16 Å². The van der Waals surface area contributed by atoms with Crippen LogP contribution in [-0.4, -0.2) is 30.8 Å². The van der Waals surface area contributed by atoms with Crippen LogP contribution in [0.3, 0.4) is 0 Å². The lowest BCUT2D eigenvalue weighted by atomic mass is 10.3. The number of aliphatic hydroxyl groups is 1. The van der Waals surface area contributed by atoms with E-state index in [4.69, 9.17) is 43.6 Å². The van der Waals surface area contributed by atoms with Crippen LogP contribution in [0.2, 0.25) is 10.0 Å². The third-order valence-corrected chi connectivity index (χ3v) is 2.38. The average molecular weight is 293 g/mol. The largest absolute Gasteiger partial charge is 0.484 e. The van der Waals surface area contributed by atoms with E-state index in [1.165, 1.54) is 0 Å². The number of hydrogen-bond acceptors (Lipinski definition) is 4. The van der Waals surface area contributed by atoms with Gasteiger partial charge in [0, 0.05) is 18.1 Å². The van der Waals surface area contributed by atoms with Gasteiger partial charge in [-0.05, 0) is 18.2 Å². The molecule has 0 unspecified atom stereocenters. The number of halogens is 2. The van der Waals surface area contributed by atoms with Crippen molar-refractivity contribution < 1.29 is 14.7 Å². The molecule has 0 atom stereocenters. The van der Waals surface area contributed by atoms with Gasteiger partial charge in [0.2, 0.25) is 0 Å². The summed E-state index contributed by atoms with van der Waals surface area (Å²) in [7, 11) is 0. The minimum Gasteiger partial charge on any atom is -0.484 e. The van der Waals surface area contributed by atoms with Crippen molar-refractivity contribution in [3.63, 3.8) is 0 Å². The number of aliphatic hydroxyl groups excluding tert-OH is 1. The van der Waals surface area contributed by atoms with Crippen molar-refractivity contribution >= 4 is 29.0 Å². The molecular weight excluding hydrogens is 279 g/mol. The number of hydrogen-bond donors (Lipinski definition) is 2. The first-order valence-corrected chi connectivity index (χ1v) is 6.02. The molecule has 0 fully saturated rings. The zero-order valence-corrected chi connectivity index (χ0v) is 11.1. The van der Waals surface area contributed by atoms with Gasteiger partial charge in [0.05, 0.1) is 5.02 Å². The Hall–Kier alpha value is -1.17. The smallest absolute Gasteiger partial charge is 0.177 e. The number of nitrogens with two attached hydrogens (primary N) is 1. The first-order chi connectivity index (χ1) is 8.63. The van der Waals surface area contributed by atoms with E-state index in [0.717, 1.165) is 0 Å². The van der Waals surface area contributed by atoms with E-state index in [-0.39, 0.29) is 19.0 Å². The fourth-order valence-corrected chi connectivity index (χ4v) is 1.49. The summed E-state index contributed by atoms with van der Waals surface area (Å²) in [5.41, 5.74) is 5.55. The van der Waals surface area contributed by atoms with Crippen molar-refractivity contribution in [3.05, 3.63) is 28.2 Å². The Balaban J connectivity index is 2.39. The van der Waals surface area contributed by atoms with Crippen molar-refractivity contribution in [2.24, 2.45) is 10.9 Å². The fraction of sp³-hybridized carbons (Fsp3) is 0.364. The Morgan fingerprint density at radius 3 is 2.83 bits per heavy atom. The normalized spacial score (nSPS) is 11.4. The Labute approximate surface area is 115 Å². The second kappa shape index (κ2) is 8.02. The molecular formula is C11H14Cl2N2O3. The summed E-state index contributed by atoms with van der Waals surface area (Å²) in [4.78, 5) is 4.84. The second-order valence-electron chi connectivity index (χ2n) is 3.36. The molecule has 1 rings (SSSR count). The first kappa shape index (κ1) is 14.9. The summed E-state index contributed by atoms with van der Waals surface area (Å²) < 4.78 is 5.33. The van der Waals surface area contributed by atoms with E-state index in [0.29, 0.717) is 28.8 Å². The summed E-state index contributed by atoms with van der Waals surface area (Å²) in [5, 5.41) is 13.1. The molecule has 0 aromatic heterocycles. The molecule has 0 saturated heterocycles. The van der Waals surface area contributed by atoms with Gasteiger partial charge in [-0.3, -0.25) is 0 Å². The van der Waals surface area contributed by atoms with E-state index < -0.39 is 0 Å². The highest BCUT2D eigenvalue weighted by Gasteiger charge is 2.03. The first-order valence-electron chi connectivity index (χ1n) is 5.26. The van der Waals surface area contributed by atoms with Crippen molar-refractivity contribution in [2.45, 2.75) is 6.42 Å². The van der Waals surface area contributed by atoms with Crippen LogP contribution in [-0.2, 0) is 4.84 Å². The maximum atomic E-state index is 8.53. The average Bonchev–Trinajstić information content (AvgIpc) is 2.33. The van der Waals surface area contributed by atoms with Crippen LogP contribution in [0.5, 0.6) is 5.75 Å². The van der Waals surface area contributed by atoms with Gasteiger partial charge >= 0.3 is 0 Å². The molecule has 5 nitrogen and oxygen atoms in total. The number of nitrogens with zero attached hydrogens (tertiary/aromatic N) is 1. The van der Waals surface area contributed by atoms with Crippen molar-refractivity contribution in [2.75, 3.05) is 19.8 Å². The zero-order chi connectivity index (χ0) is 13.4. The van der Waals surface area contributed by atoms with Gasteiger partial charge in [-0.2, -0.15) is 0 Å². The number of rotatable bonds is 7. The SMILES string of the molecule is N/C(COc1ccc(Cl)cc1Cl)=N/OCCCO. The van der Waals surface area contributed by atoms with Crippen LogP contribution in [0.1, 0.15) is 6.42 Å². The summed E-state index contributed by atoms with van der Waals surface area (Å²) >= 11 is 11.7. The van der Waals surface area contributed by atoms with Crippen LogP contribution in [0, 0.1) is 0 Å². The van der Waals surface area contributed by atoms with E-state index >= 15 is 0 Å². The minimum absolute atomic E-state index is 0.0479. The van der Waals surface area contributed by atoms with Crippen LogP contribution < -0.4 is 10.5 Å². The van der Waals surface area contributed by atoms with Gasteiger partial charge < -0.3 is 20.4 Å². The highest BCUT2D eigenvalue weighted by atomic mass is 35.5. The van der Waals surface area contributed by atoms with Gasteiger partial charge in [-0.15, -0.1) is 0 Å². The summed E-state index contributed by atoms with van der Waals surface area (Å²) in [6.45, 7) is 0.408. The lowest BCUT2D eigenvalue weighted by molar-refractivity contribution is 0.122. The lowest BCUT2D eigenvalue weighted by Gasteiger charge is -2.07. The Bertz CT molecular complexity index is 413. The monoisotopic (exact) mass is 292 g/mol. The third-order valence-electron chi connectivity index (χ3n) is 1.85. The standard InChI is InChI=1S/C11H14Cl2N2O3/c12-8-2-3-10(9(13)6-8)17-7-11(14)15-18-5-1-4-16/h2-3,6,16H,1,4-5,7H2,(H2,14,15). The van der Waals surface area contributed by atoms with Gasteiger partial charge in [0.25, 0.3) is 0 Å². The Morgan fingerprint density at radius 2 is 2.17 bits per heavy atom. The molecule has 3 N–H and O–H groups in total. The zero-order valence-electron chi connectivity index (χ0n) is 9.60. The lowest BCUT2D eigenvalue weighted by Crippen LogP contribution is -2.21. The van der Waals surface area contributed by atoms with Crippen molar-refractivity contribution in [1.82, 2.24) is 0 Å². The summed E-state index contributed by atoms with van der Waals surface area (Å²) in [5.74, 6) is 0.647. The maximum Gasteiger partial charge on any atom is 0.177 e. The molecule has 0 heterocycles. The maximum absolute atomic E-state index is 8.53. The quantitative estimate of drug-likeness (QED) is 0.349. The fourth-order valence-electron chi connectivity index (χ4n) is 1.03. The van der Waals surface area contributed by atoms with Gasteiger partial charge in [0.15, 0.2) is 5.84 Å². The van der Waals surface area contributed by atoms with E-state index in [1.807, 2.05) is 0 Å². The van der Waals surface area contributed by atoms with Crippen LogP contribution in [0.25, 0.3) is 0 Å². The molecule has 100 valence electrons. The van der Waals surface area contributed by atoms with Crippen molar-refractivity contribution in [3.8, 4) is 5.75 Å². The number of oxime groups is 1. The van der Waals surface area contributed by atoms with Crippen LogP contribution in [0.15, 0.2) is 23.4 Å². The van der Waals surface area contributed by atoms with Gasteiger partial charge in [-0.1, -0.05) is 28.4 Å². The topological polar surface area (TPSA) is 77.1 Å². The van der Waals surface area contributed by atoms with Gasteiger partial charge in [-0.25, -0.2) is 0 Å². The molecule has 0 aliphatic carbocycles. The third kappa shape index (κ3) is 5.44. The highest BCUT2D eigenvalue weighted by molar-refractivity contribution is 6.35. The van der Waals surface area contributed by atoms with E-state index in [1.54, 1.807) is 18.2 Å². The van der Waals surface area contributed by atoms with Crippen LogP contribution >= 0.6 is 23.2 Å². The molecule has 0 aliphatic rings. The molecule has 18 heavy (non-hydrogen) atoms. The van der Waals surface area contributed by atoms with Crippen LogP contribution in [0.4, 0.5) is 0 Å².